The van der Waals surface area contributed by atoms with Crippen molar-refractivity contribution in [3.05, 3.63) is 52.2 Å². The van der Waals surface area contributed by atoms with E-state index >= 15 is 0 Å². The van der Waals surface area contributed by atoms with E-state index in [2.05, 4.69) is 15.5 Å². The van der Waals surface area contributed by atoms with Gasteiger partial charge in [-0.05, 0) is 18.4 Å². The van der Waals surface area contributed by atoms with Gasteiger partial charge in [0, 0.05) is 19.0 Å². The third-order valence-electron chi connectivity index (χ3n) is 5.11. The first-order valence-electron chi connectivity index (χ1n) is 9.03. The zero-order valence-electron chi connectivity index (χ0n) is 14.8. The van der Waals surface area contributed by atoms with E-state index in [-0.39, 0.29) is 24.1 Å². The second kappa shape index (κ2) is 7.26. The van der Waals surface area contributed by atoms with E-state index in [9.17, 15) is 14.4 Å². The average Bonchev–Trinajstić information content (AvgIpc) is 3.29. The van der Waals surface area contributed by atoms with Gasteiger partial charge < -0.3 is 15.0 Å². The molecule has 0 radical (unpaired) electrons. The standard InChI is InChI=1S/C18H21N5O4/c24-16(14-11-27-18(26)19-14)22-8-6-13(7-9-22)15-20-21-17(25)23(15)10-12-4-2-1-3-5-12/h1-5,13-14H,6-11H2,(H,19,26)(H,21,25). The highest BCUT2D eigenvalue weighted by Crippen LogP contribution is 2.26. The van der Waals surface area contributed by atoms with Gasteiger partial charge >= 0.3 is 11.8 Å². The molecule has 1 aromatic carbocycles. The van der Waals surface area contributed by atoms with Crippen LogP contribution in [0.4, 0.5) is 4.79 Å². The van der Waals surface area contributed by atoms with Crippen LogP contribution in [0.15, 0.2) is 35.1 Å². The Morgan fingerprint density at radius 3 is 2.59 bits per heavy atom. The van der Waals surface area contributed by atoms with Crippen molar-refractivity contribution in [2.45, 2.75) is 31.3 Å². The smallest absolute Gasteiger partial charge is 0.407 e. The molecule has 2 fully saturated rings. The summed E-state index contributed by atoms with van der Waals surface area (Å²) in [4.78, 5) is 37.5. The quantitative estimate of drug-likeness (QED) is 0.810. The molecule has 0 spiro atoms. The van der Waals surface area contributed by atoms with Crippen molar-refractivity contribution in [1.29, 1.82) is 0 Å². The number of hydrogen-bond donors (Lipinski definition) is 2. The molecule has 27 heavy (non-hydrogen) atoms. The average molecular weight is 371 g/mol. The van der Waals surface area contributed by atoms with E-state index in [0.29, 0.717) is 32.5 Å². The summed E-state index contributed by atoms with van der Waals surface area (Å²) in [6, 6.07) is 9.17. The molecule has 9 heteroatoms. The molecule has 2 N–H and O–H groups in total. The predicted molar refractivity (Wildman–Crippen MR) is 95.2 cm³/mol. The van der Waals surface area contributed by atoms with Crippen LogP contribution in [-0.2, 0) is 16.1 Å². The van der Waals surface area contributed by atoms with E-state index in [0.717, 1.165) is 11.4 Å². The normalized spacial score (nSPS) is 20.4. The summed E-state index contributed by atoms with van der Waals surface area (Å²) >= 11 is 0. The number of nitrogens with zero attached hydrogens (tertiary/aromatic N) is 3. The third-order valence-corrected chi connectivity index (χ3v) is 5.11. The molecule has 2 amide bonds. The topological polar surface area (TPSA) is 109 Å². The van der Waals surface area contributed by atoms with Crippen LogP contribution in [0.1, 0.15) is 30.1 Å². The molecule has 2 aliphatic heterocycles. The lowest BCUT2D eigenvalue weighted by molar-refractivity contribution is -0.134. The number of cyclic esters (lactones) is 1. The Bertz CT molecular complexity index is 883. The van der Waals surface area contributed by atoms with Crippen LogP contribution in [0.5, 0.6) is 0 Å². The molecule has 2 aromatic rings. The van der Waals surface area contributed by atoms with Crippen molar-refractivity contribution in [1.82, 2.24) is 25.0 Å². The second-order valence-corrected chi connectivity index (χ2v) is 6.85. The van der Waals surface area contributed by atoms with Gasteiger partial charge in [-0.2, -0.15) is 5.10 Å². The maximum Gasteiger partial charge on any atom is 0.407 e. The maximum absolute atomic E-state index is 12.5. The Balaban J connectivity index is 1.42. The minimum atomic E-state index is -0.601. The second-order valence-electron chi connectivity index (χ2n) is 6.85. The van der Waals surface area contributed by atoms with Gasteiger partial charge in [-0.1, -0.05) is 30.3 Å². The van der Waals surface area contributed by atoms with Crippen molar-refractivity contribution in [2.24, 2.45) is 0 Å². The van der Waals surface area contributed by atoms with Crippen LogP contribution in [0.25, 0.3) is 0 Å². The van der Waals surface area contributed by atoms with Crippen LogP contribution in [-0.4, -0.2) is 57.4 Å². The Hall–Kier alpha value is -3.10. The number of piperidine rings is 1. The fraction of sp³-hybridized carbons (Fsp3) is 0.444. The molecule has 2 saturated heterocycles. The van der Waals surface area contributed by atoms with Gasteiger partial charge in [-0.25, -0.2) is 14.7 Å². The molecule has 0 bridgehead atoms. The van der Waals surface area contributed by atoms with Gasteiger partial charge in [0.2, 0.25) is 5.91 Å². The molecular weight excluding hydrogens is 350 g/mol. The predicted octanol–water partition coefficient (Wildman–Crippen LogP) is 0.434. The number of aromatic amines is 1. The fourth-order valence-electron chi connectivity index (χ4n) is 3.66. The van der Waals surface area contributed by atoms with Crippen molar-refractivity contribution < 1.29 is 14.3 Å². The first kappa shape index (κ1) is 17.3. The van der Waals surface area contributed by atoms with E-state index in [1.165, 1.54) is 0 Å². The first-order chi connectivity index (χ1) is 13.1. The lowest BCUT2D eigenvalue weighted by Gasteiger charge is -2.32. The highest BCUT2D eigenvalue weighted by atomic mass is 16.6. The fourth-order valence-corrected chi connectivity index (χ4v) is 3.66. The molecule has 1 atom stereocenters. The SMILES string of the molecule is O=C1NC(C(=O)N2CCC(c3n[nH]c(=O)n3Cc3ccccc3)CC2)CO1. The van der Waals surface area contributed by atoms with E-state index in [1.54, 1.807) is 9.47 Å². The Kier molecular flexibility index (Phi) is 4.66. The summed E-state index contributed by atoms with van der Waals surface area (Å²) in [6.07, 6.45) is 0.878. The first-order valence-corrected chi connectivity index (χ1v) is 9.03. The number of likely N-dealkylation sites (tertiary alicyclic amines) is 1. The molecular formula is C18H21N5O4. The van der Waals surface area contributed by atoms with E-state index < -0.39 is 12.1 Å². The minimum Gasteiger partial charge on any atom is -0.447 e. The third kappa shape index (κ3) is 3.57. The highest BCUT2D eigenvalue weighted by molar-refractivity contribution is 5.87. The van der Waals surface area contributed by atoms with Crippen LogP contribution >= 0.6 is 0 Å². The van der Waals surface area contributed by atoms with Gasteiger partial charge in [-0.3, -0.25) is 9.36 Å². The summed E-state index contributed by atoms with van der Waals surface area (Å²) in [5.74, 6) is 0.711. The summed E-state index contributed by atoms with van der Waals surface area (Å²) in [6.45, 7) is 1.66. The molecule has 9 nitrogen and oxygen atoms in total. The number of carbonyl (C=O) groups excluding carboxylic acids is 2. The van der Waals surface area contributed by atoms with E-state index in [4.69, 9.17) is 4.74 Å². The van der Waals surface area contributed by atoms with Gasteiger partial charge in [-0.15, -0.1) is 0 Å². The number of benzene rings is 1. The van der Waals surface area contributed by atoms with Crippen molar-refractivity contribution >= 4 is 12.0 Å². The summed E-state index contributed by atoms with van der Waals surface area (Å²) < 4.78 is 6.46. The van der Waals surface area contributed by atoms with Crippen LogP contribution in [0.3, 0.4) is 0 Å². The Morgan fingerprint density at radius 1 is 1.19 bits per heavy atom. The van der Waals surface area contributed by atoms with Crippen LogP contribution < -0.4 is 11.0 Å². The number of ether oxygens (including phenoxy) is 1. The molecule has 0 aliphatic carbocycles. The van der Waals surface area contributed by atoms with E-state index in [1.807, 2.05) is 30.3 Å². The van der Waals surface area contributed by atoms with Crippen molar-refractivity contribution in [2.75, 3.05) is 19.7 Å². The van der Waals surface area contributed by atoms with Crippen molar-refractivity contribution in [3.8, 4) is 0 Å². The number of nitrogens with one attached hydrogen (secondary N) is 2. The number of carbonyl (C=O) groups is 2. The Morgan fingerprint density at radius 2 is 1.93 bits per heavy atom. The summed E-state index contributed by atoms with van der Waals surface area (Å²) in [7, 11) is 0. The van der Waals surface area contributed by atoms with Crippen LogP contribution in [0.2, 0.25) is 0 Å². The molecule has 1 unspecified atom stereocenters. The number of hydrogen-bond acceptors (Lipinski definition) is 5. The maximum atomic E-state index is 12.5. The molecule has 142 valence electrons. The van der Waals surface area contributed by atoms with Crippen molar-refractivity contribution in [3.63, 3.8) is 0 Å². The number of amides is 2. The molecule has 3 heterocycles. The molecule has 2 aliphatic rings. The van der Waals surface area contributed by atoms with Gasteiger partial charge in [0.1, 0.15) is 18.5 Å². The molecule has 0 saturated carbocycles. The van der Waals surface area contributed by atoms with Gasteiger partial charge in [0.15, 0.2) is 0 Å². The van der Waals surface area contributed by atoms with Crippen LogP contribution in [0, 0.1) is 0 Å². The summed E-state index contributed by atoms with van der Waals surface area (Å²) in [5, 5.41) is 9.31. The monoisotopic (exact) mass is 371 g/mol. The highest BCUT2D eigenvalue weighted by Gasteiger charge is 2.35. The zero-order valence-corrected chi connectivity index (χ0v) is 14.8. The molecule has 1 aromatic heterocycles. The lowest BCUT2D eigenvalue weighted by Crippen LogP contribution is -2.48. The lowest BCUT2D eigenvalue weighted by atomic mass is 9.95. The number of H-pyrrole nitrogens is 1. The minimum absolute atomic E-state index is 0.0770. The Labute approximate surface area is 155 Å². The number of rotatable bonds is 4. The molecule has 4 rings (SSSR count). The number of aromatic nitrogens is 3. The zero-order chi connectivity index (χ0) is 18.8. The van der Waals surface area contributed by atoms with Gasteiger partial charge in [0.05, 0.1) is 6.54 Å². The van der Waals surface area contributed by atoms with Gasteiger partial charge in [0.25, 0.3) is 0 Å². The number of alkyl carbamates (subject to hydrolysis) is 1. The largest absolute Gasteiger partial charge is 0.447 e. The summed E-state index contributed by atoms with van der Waals surface area (Å²) in [5.41, 5.74) is 0.810.